The summed E-state index contributed by atoms with van der Waals surface area (Å²) >= 11 is 0. The van der Waals surface area contributed by atoms with E-state index in [1.807, 2.05) is 13.0 Å². The predicted molar refractivity (Wildman–Crippen MR) is 104 cm³/mol. The molecule has 3 saturated carbocycles. The molecule has 3 fully saturated rings. The Morgan fingerprint density at radius 1 is 0.933 bits per heavy atom. The number of allylic oxidation sites excluding steroid dienone is 2. The number of rotatable bonds is 4. The Morgan fingerprint density at radius 3 is 2.07 bits per heavy atom. The van der Waals surface area contributed by atoms with Crippen LogP contribution in [-0.2, 0) is 14.3 Å². The van der Waals surface area contributed by atoms with E-state index in [4.69, 9.17) is 4.18 Å². The molecule has 3 nitrogen and oxygen atoms in total. The highest BCUT2D eigenvalue weighted by Gasteiger charge is 2.84. The van der Waals surface area contributed by atoms with Crippen molar-refractivity contribution in [3.63, 3.8) is 0 Å². The second-order valence-corrected chi connectivity index (χ2v) is 10.7. The van der Waals surface area contributed by atoms with Crippen LogP contribution in [0.4, 0.5) is 17.6 Å². The molecule has 0 aromatic heterocycles. The van der Waals surface area contributed by atoms with E-state index in [1.54, 1.807) is 6.92 Å². The Labute approximate surface area is 174 Å². The molecule has 30 heavy (non-hydrogen) atoms. The first-order valence-corrected chi connectivity index (χ1v) is 11.7. The SMILES string of the molecule is CC1=CCC(C23CCC(OS(=O)(=O)c4ccc(C)cc4)(CC2)C(F)(F)C3(F)F)CC1. The normalized spacial score (nSPS) is 35.1. The molecule has 0 spiro atoms. The van der Waals surface area contributed by atoms with Gasteiger partial charge in [-0.1, -0.05) is 29.3 Å². The summed E-state index contributed by atoms with van der Waals surface area (Å²) in [6.07, 6.45) is 2.15. The summed E-state index contributed by atoms with van der Waals surface area (Å²) < 4.78 is 92.0. The van der Waals surface area contributed by atoms with Gasteiger partial charge in [-0.2, -0.15) is 26.0 Å². The Kier molecular flexibility index (Phi) is 4.94. The molecule has 5 rings (SSSR count). The minimum Gasteiger partial charge on any atom is -0.253 e. The number of fused-ring (bicyclic) bond motifs is 3. The molecule has 0 aliphatic heterocycles. The highest BCUT2D eigenvalue weighted by atomic mass is 32.2. The van der Waals surface area contributed by atoms with Crippen LogP contribution in [0.3, 0.4) is 0 Å². The fourth-order valence-corrected chi connectivity index (χ4v) is 6.81. The first kappa shape index (κ1) is 21.8. The van der Waals surface area contributed by atoms with Crippen LogP contribution in [0.2, 0.25) is 0 Å². The van der Waals surface area contributed by atoms with Gasteiger partial charge in [0.25, 0.3) is 10.1 Å². The van der Waals surface area contributed by atoms with Gasteiger partial charge in [0.1, 0.15) is 0 Å². The fraction of sp³-hybridized carbons (Fsp3) is 0.636. The Balaban J connectivity index is 1.69. The topological polar surface area (TPSA) is 43.4 Å². The molecule has 0 N–H and O–H groups in total. The van der Waals surface area contributed by atoms with Crippen LogP contribution in [0.25, 0.3) is 0 Å². The highest BCUT2D eigenvalue weighted by molar-refractivity contribution is 7.86. The van der Waals surface area contributed by atoms with Gasteiger partial charge in [0, 0.05) is 5.41 Å². The Hall–Kier alpha value is -1.41. The van der Waals surface area contributed by atoms with Crippen LogP contribution < -0.4 is 0 Å². The molecule has 0 amide bonds. The van der Waals surface area contributed by atoms with Crippen molar-refractivity contribution in [2.24, 2.45) is 11.3 Å². The van der Waals surface area contributed by atoms with Crippen molar-refractivity contribution in [3.05, 3.63) is 41.5 Å². The van der Waals surface area contributed by atoms with Crippen molar-refractivity contribution in [1.82, 2.24) is 0 Å². The minimum absolute atomic E-state index is 0.170. The molecule has 8 heteroatoms. The monoisotopic (exact) mass is 446 g/mol. The molecule has 1 atom stereocenters. The van der Waals surface area contributed by atoms with Gasteiger partial charge in [-0.15, -0.1) is 0 Å². The molecule has 1 aromatic carbocycles. The van der Waals surface area contributed by atoms with Crippen LogP contribution in [0, 0.1) is 18.3 Å². The molecule has 1 aromatic rings. The summed E-state index contributed by atoms with van der Waals surface area (Å²) in [5, 5.41) is 0. The first-order chi connectivity index (χ1) is 13.9. The van der Waals surface area contributed by atoms with Gasteiger partial charge in [0.2, 0.25) is 0 Å². The molecular weight excluding hydrogens is 420 g/mol. The zero-order chi connectivity index (χ0) is 22.0. The van der Waals surface area contributed by atoms with Crippen molar-refractivity contribution in [1.29, 1.82) is 0 Å². The zero-order valence-corrected chi connectivity index (χ0v) is 17.9. The molecule has 166 valence electrons. The summed E-state index contributed by atoms with van der Waals surface area (Å²) in [5.41, 5.74) is -2.68. The third kappa shape index (κ3) is 2.89. The predicted octanol–water partition coefficient (Wildman–Crippen LogP) is 6.03. The van der Waals surface area contributed by atoms with Gasteiger partial charge in [-0.05, 0) is 76.8 Å². The quantitative estimate of drug-likeness (QED) is 0.322. The van der Waals surface area contributed by atoms with E-state index in [9.17, 15) is 8.42 Å². The van der Waals surface area contributed by atoms with Crippen molar-refractivity contribution in [2.75, 3.05) is 0 Å². The van der Waals surface area contributed by atoms with Crippen molar-refractivity contribution in [3.8, 4) is 0 Å². The van der Waals surface area contributed by atoms with Gasteiger partial charge in [-0.25, -0.2) is 0 Å². The zero-order valence-electron chi connectivity index (χ0n) is 17.1. The summed E-state index contributed by atoms with van der Waals surface area (Å²) in [6, 6.07) is 5.49. The molecule has 2 bridgehead atoms. The smallest absolute Gasteiger partial charge is 0.253 e. The van der Waals surface area contributed by atoms with Crippen LogP contribution in [0.5, 0.6) is 0 Å². The highest BCUT2D eigenvalue weighted by Crippen LogP contribution is 2.71. The number of aryl methyl sites for hydroxylation is 1. The van der Waals surface area contributed by atoms with Gasteiger partial charge in [0.05, 0.1) is 4.90 Å². The lowest BCUT2D eigenvalue weighted by atomic mass is 9.49. The summed E-state index contributed by atoms with van der Waals surface area (Å²) in [6.45, 7) is 3.66. The lowest BCUT2D eigenvalue weighted by Gasteiger charge is -2.62. The number of hydrogen-bond acceptors (Lipinski definition) is 3. The largest absolute Gasteiger partial charge is 0.340 e. The van der Waals surface area contributed by atoms with E-state index in [-0.39, 0.29) is 17.7 Å². The van der Waals surface area contributed by atoms with E-state index < -0.39 is 51.7 Å². The third-order valence-electron chi connectivity index (χ3n) is 7.54. The molecule has 4 aliphatic rings. The number of benzene rings is 1. The van der Waals surface area contributed by atoms with Crippen molar-refractivity contribution >= 4 is 10.1 Å². The number of alkyl halides is 4. The fourth-order valence-electron chi connectivity index (χ4n) is 5.56. The first-order valence-electron chi connectivity index (χ1n) is 10.3. The molecule has 0 saturated heterocycles. The van der Waals surface area contributed by atoms with E-state index in [1.165, 1.54) is 24.3 Å². The summed E-state index contributed by atoms with van der Waals surface area (Å²) in [7, 11) is -4.62. The average Bonchev–Trinajstić information content (AvgIpc) is 2.68. The molecule has 4 aliphatic carbocycles. The number of hydrogen-bond donors (Lipinski definition) is 0. The van der Waals surface area contributed by atoms with Gasteiger partial charge < -0.3 is 0 Å². The van der Waals surface area contributed by atoms with E-state index in [2.05, 4.69) is 0 Å². The van der Waals surface area contributed by atoms with Crippen molar-refractivity contribution < 1.29 is 30.2 Å². The Morgan fingerprint density at radius 2 is 1.53 bits per heavy atom. The van der Waals surface area contributed by atoms with Crippen LogP contribution in [0.15, 0.2) is 40.8 Å². The average molecular weight is 447 g/mol. The maximum atomic E-state index is 15.4. The maximum Gasteiger partial charge on any atom is 0.340 e. The van der Waals surface area contributed by atoms with E-state index >= 15 is 17.6 Å². The van der Waals surface area contributed by atoms with Gasteiger partial charge in [0.15, 0.2) is 5.60 Å². The third-order valence-corrected chi connectivity index (χ3v) is 8.93. The molecule has 0 heterocycles. The molecule has 0 radical (unpaired) electrons. The van der Waals surface area contributed by atoms with Crippen LogP contribution >= 0.6 is 0 Å². The standard InChI is InChI=1S/C22H26F4O3S/c1-15-3-7-17(8-4-15)19-11-13-20(14-12-19,22(25,26)21(19,23)24)29-30(27,28)18-9-5-16(2)6-10-18/h3,5-6,9-10,17H,4,7-8,11-14H2,1-2H3. The second-order valence-electron chi connectivity index (χ2n) is 9.17. The maximum absolute atomic E-state index is 15.4. The van der Waals surface area contributed by atoms with Gasteiger partial charge >= 0.3 is 11.8 Å². The van der Waals surface area contributed by atoms with Gasteiger partial charge in [-0.3, -0.25) is 4.18 Å². The summed E-state index contributed by atoms with van der Waals surface area (Å²) in [4.78, 5) is -0.308. The van der Waals surface area contributed by atoms with Crippen LogP contribution in [-0.4, -0.2) is 25.9 Å². The molecular formula is C22H26F4O3S. The van der Waals surface area contributed by atoms with Crippen LogP contribution in [0.1, 0.15) is 57.4 Å². The van der Waals surface area contributed by atoms with Crippen molar-refractivity contribution in [2.45, 2.75) is 81.1 Å². The number of halogens is 4. The lowest BCUT2D eigenvalue weighted by molar-refractivity contribution is -0.385. The van der Waals surface area contributed by atoms with E-state index in [0.29, 0.717) is 19.3 Å². The summed E-state index contributed by atoms with van der Waals surface area (Å²) in [5.74, 6) is -9.47. The molecule has 1 unspecified atom stereocenters. The minimum atomic E-state index is -4.62. The second kappa shape index (κ2) is 6.79. The lowest BCUT2D eigenvalue weighted by Crippen LogP contribution is -2.75. The van der Waals surface area contributed by atoms with E-state index in [0.717, 1.165) is 11.1 Å². The Bertz CT molecular complexity index is 959.